The molecular formula is C19H17NO3S2. The van der Waals surface area contributed by atoms with Crippen LogP contribution in [0.5, 0.6) is 11.5 Å². The van der Waals surface area contributed by atoms with Crippen molar-refractivity contribution in [2.75, 3.05) is 14.2 Å². The summed E-state index contributed by atoms with van der Waals surface area (Å²) in [6.45, 7) is 0.476. The summed E-state index contributed by atoms with van der Waals surface area (Å²) in [5.41, 5.74) is 1.87. The van der Waals surface area contributed by atoms with E-state index in [0.717, 1.165) is 11.1 Å². The highest BCUT2D eigenvalue weighted by Gasteiger charge is 2.31. The van der Waals surface area contributed by atoms with Crippen LogP contribution in [0.3, 0.4) is 0 Å². The number of hydrogen-bond acceptors (Lipinski definition) is 5. The van der Waals surface area contributed by atoms with Crippen LogP contribution in [0.25, 0.3) is 6.08 Å². The van der Waals surface area contributed by atoms with Gasteiger partial charge in [-0.15, -0.1) is 0 Å². The summed E-state index contributed by atoms with van der Waals surface area (Å²) in [5, 5.41) is 0. The topological polar surface area (TPSA) is 38.8 Å². The first-order valence-corrected chi connectivity index (χ1v) is 8.85. The number of carbonyl (C=O) groups is 1. The van der Waals surface area contributed by atoms with E-state index in [2.05, 4.69) is 0 Å². The van der Waals surface area contributed by atoms with Gasteiger partial charge in [-0.05, 0) is 29.3 Å². The van der Waals surface area contributed by atoms with Crippen molar-refractivity contribution in [1.29, 1.82) is 0 Å². The molecule has 0 aromatic heterocycles. The molecule has 0 bridgehead atoms. The van der Waals surface area contributed by atoms with Gasteiger partial charge in [-0.25, -0.2) is 0 Å². The predicted molar refractivity (Wildman–Crippen MR) is 105 cm³/mol. The van der Waals surface area contributed by atoms with Crippen molar-refractivity contribution in [3.05, 3.63) is 64.6 Å². The third-order valence-electron chi connectivity index (χ3n) is 3.73. The second-order valence-corrected chi connectivity index (χ2v) is 7.08. The highest BCUT2D eigenvalue weighted by Crippen LogP contribution is 2.34. The molecule has 25 heavy (non-hydrogen) atoms. The molecule has 2 aromatic rings. The zero-order chi connectivity index (χ0) is 17.8. The number of benzene rings is 2. The number of nitrogens with zero attached hydrogens (tertiary/aromatic N) is 1. The van der Waals surface area contributed by atoms with Crippen molar-refractivity contribution >= 4 is 40.3 Å². The minimum Gasteiger partial charge on any atom is -0.497 e. The number of methoxy groups -OCH3 is 2. The Kier molecular flexibility index (Phi) is 5.40. The van der Waals surface area contributed by atoms with Crippen LogP contribution in [0.15, 0.2) is 53.4 Å². The van der Waals surface area contributed by atoms with Gasteiger partial charge in [0, 0.05) is 6.07 Å². The van der Waals surface area contributed by atoms with Crippen LogP contribution in [0, 0.1) is 0 Å². The third-order valence-corrected chi connectivity index (χ3v) is 5.11. The molecule has 1 aliphatic heterocycles. The maximum atomic E-state index is 12.7. The molecule has 0 aliphatic carbocycles. The number of carbonyl (C=O) groups excluding carboxylic acids is 1. The van der Waals surface area contributed by atoms with Gasteiger partial charge in [-0.3, -0.25) is 9.69 Å². The molecule has 1 saturated heterocycles. The maximum absolute atomic E-state index is 12.7. The van der Waals surface area contributed by atoms with Gasteiger partial charge in [-0.2, -0.15) is 0 Å². The Hall–Kier alpha value is -2.31. The fourth-order valence-corrected chi connectivity index (χ4v) is 3.72. The van der Waals surface area contributed by atoms with Crippen LogP contribution in [0.2, 0.25) is 0 Å². The van der Waals surface area contributed by atoms with Crippen molar-refractivity contribution in [2.24, 2.45) is 0 Å². The lowest BCUT2D eigenvalue weighted by Crippen LogP contribution is -2.27. The lowest BCUT2D eigenvalue weighted by molar-refractivity contribution is -0.122. The van der Waals surface area contributed by atoms with E-state index in [4.69, 9.17) is 21.7 Å². The van der Waals surface area contributed by atoms with E-state index in [1.165, 1.54) is 11.8 Å². The second-order valence-electron chi connectivity index (χ2n) is 5.40. The molecule has 4 nitrogen and oxygen atoms in total. The van der Waals surface area contributed by atoms with Crippen molar-refractivity contribution in [3.8, 4) is 11.5 Å². The van der Waals surface area contributed by atoms with Crippen LogP contribution in [0.1, 0.15) is 11.1 Å². The average molecular weight is 371 g/mol. The van der Waals surface area contributed by atoms with E-state index in [-0.39, 0.29) is 5.91 Å². The molecule has 1 fully saturated rings. The molecule has 0 radical (unpaired) electrons. The predicted octanol–water partition coefficient (Wildman–Crippen LogP) is 4.11. The molecule has 6 heteroatoms. The minimum atomic E-state index is -0.0827. The SMILES string of the molecule is COc1cc(/C=C2\SC(=S)N(Cc3ccccc3)C2=O)cc(OC)c1. The lowest BCUT2D eigenvalue weighted by atomic mass is 10.1. The van der Waals surface area contributed by atoms with E-state index >= 15 is 0 Å². The smallest absolute Gasteiger partial charge is 0.266 e. The average Bonchev–Trinajstić information content (AvgIpc) is 2.89. The summed E-state index contributed by atoms with van der Waals surface area (Å²) in [4.78, 5) is 14.9. The van der Waals surface area contributed by atoms with E-state index in [1.54, 1.807) is 25.2 Å². The second kappa shape index (κ2) is 7.72. The summed E-state index contributed by atoms with van der Waals surface area (Å²) in [6.07, 6.45) is 1.81. The van der Waals surface area contributed by atoms with Crippen LogP contribution in [0.4, 0.5) is 0 Å². The van der Waals surface area contributed by atoms with Gasteiger partial charge in [-0.1, -0.05) is 54.3 Å². The minimum absolute atomic E-state index is 0.0827. The number of hydrogen-bond donors (Lipinski definition) is 0. The lowest BCUT2D eigenvalue weighted by Gasteiger charge is -2.14. The maximum Gasteiger partial charge on any atom is 0.266 e. The first-order valence-electron chi connectivity index (χ1n) is 7.63. The van der Waals surface area contributed by atoms with E-state index in [1.807, 2.05) is 48.5 Å². The molecule has 0 N–H and O–H groups in total. The summed E-state index contributed by atoms with van der Waals surface area (Å²) in [5.74, 6) is 1.26. The molecular weight excluding hydrogens is 354 g/mol. The summed E-state index contributed by atoms with van der Waals surface area (Å²) >= 11 is 6.70. The highest BCUT2D eigenvalue weighted by molar-refractivity contribution is 8.26. The summed E-state index contributed by atoms with van der Waals surface area (Å²) < 4.78 is 11.1. The van der Waals surface area contributed by atoms with E-state index < -0.39 is 0 Å². The summed E-state index contributed by atoms with van der Waals surface area (Å²) in [6, 6.07) is 15.3. The number of amides is 1. The van der Waals surface area contributed by atoms with Gasteiger partial charge in [0.15, 0.2) is 0 Å². The van der Waals surface area contributed by atoms with Crippen LogP contribution in [-0.4, -0.2) is 29.3 Å². The molecule has 128 valence electrons. The van der Waals surface area contributed by atoms with E-state index in [0.29, 0.717) is 27.3 Å². The van der Waals surface area contributed by atoms with Gasteiger partial charge in [0.2, 0.25) is 0 Å². The Morgan fingerprint density at radius 2 is 1.72 bits per heavy atom. The Morgan fingerprint density at radius 3 is 2.32 bits per heavy atom. The number of thiocarbonyl (C=S) groups is 1. The fourth-order valence-electron chi connectivity index (χ4n) is 2.47. The number of ether oxygens (including phenoxy) is 2. The largest absolute Gasteiger partial charge is 0.497 e. The molecule has 0 spiro atoms. The first-order chi connectivity index (χ1) is 12.1. The molecule has 0 saturated carbocycles. The van der Waals surface area contributed by atoms with Crippen LogP contribution in [-0.2, 0) is 11.3 Å². The van der Waals surface area contributed by atoms with Crippen LogP contribution >= 0.6 is 24.0 Å². The van der Waals surface area contributed by atoms with E-state index in [9.17, 15) is 4.79 Å². The van der Waals surface area contributed by atoms with Crippen LogP contribution < -0.4 is 9.47 Å². The van der Waals surface area contributed by atoms with Gasteiger partial charge < -0.3 is 9.47 Å². The van der Waals surface area contributed by atoms with Gasteiger partial charge in [0.25, 0.3) is 5.91 Å². The zero-order valence-electron chi connectivity index (χ0n) is 13.9. The zero-order valence-corrected chi connectivity index (χ0v) is 15.5. The molecule has 1 aliphatic rings. The number of thioether (sulfide) groups is 1. The molecule has 0 atom stereocenters. The molecule has 0 unspecified atom stereocenters. The van der Waals surface area contributed by atoms with Crippen molar-refractivity contribution in [2.45, 2.75) is 6.54 Å². The molecule has 3 rings (SSSR count). The van der Waals surface area contributed by atoms with Crippen molar-refractivity contribution in [1.82, 2.24) is 4.90 Å². The quantitative estimate of drug-likeness (QED) is 0.584. The summed E-state index contributed by atoms with van der Waals surface area (Å²) in [7, 11) is 3.19. The fraction of sp³-hybridized carbons (Fsp3) is 0.158. The molecule has 1 amide bonds. The van der Waals surface area contributed by atoms with Crippen molar-refractivity contribution in [3.63, 3.8) is 0 Å². The highest BCUT2D eigenvalue weighted by atomic mass is 32.2. The Labute approximate surface area is 156 Å². The van der Waals surface area contributed by atoms with Gasteiger partial charge in [0.1, 0.15) is 15.8 Å². The molecule has 2 aromatic carbocycles. The van der Waals surface area contributed by atoms with Gasteiger partial charge >= 0.3 is 0 Å². The molecule has 1 heterocycles. The third kappa shape index (κ3) is 4.03. The standard InChI is InChI=1S/C19H17NO3S2/c1-22-15-8-14(9-16(11-15)23-2)10-17-18(21)20(19(24)25-17)12-13-6-4-3-5-7-13/h3-11H,12H2,1-2H3/b17-10-. The van der Waals surface area contributed by atoms with Crippen molar-refractivity contribution < 1.29 is 14.3 Å². The Balaban J connectivity index is 1.85. The normalized spacial score (nSPS) is 15.8. The van der Waals surface area contributed by atoms with Gasteiger partial charge in [0.05, 0.1) is 25.7 Å². The first kappa shape index (κ1) is 17.5. The number of rotatable bonds is 5. The monoisotopic (exact) mass is 371 g/mol. The Morgan fingerprint density at radius 1 is 1.08 bits per heavy atom. The Bertz CT molecular complexity index is 812.